The third kappa shape index (κ3) is 2.55. The fourth-order valence-corrected chi connectivity index (χ4v) is 3.73. The Kier molecular flexibility index (Phi) is 3.73. The molecule has 2 N–H and O–H groups in total. The summed E-state index contributed by atoms with van der Waals surface area (Å²) in [7, 11) is 0. The Balaban J connectivity index is 1.53. The Labute approximate surface area is 142 Å². The molecule has 5 nitrogen and oxygen atoms in total. The number of anilines is 2. The highest BCUT2D eigenvalue weighted by Crippen LogP contribution is 2.29. The summed E-state index contributed by atoms with van der Waals surface area (Å²) in [5, 5.41) is 0. The van der Waals surface area contributed by atoms with E-state index in [4.69, 9.17) is 5.73 Å². The van der Waals surface area contributed by atoms with Crippen molar-refractivity contribution >= 4 is 17.3 Å². The molecular formula is C19H22N4O. The first-order chi connectivity index (χ1) is 11.6. The number of nitrogens with zero attached hydrogens (tertiary/aromatic N) is 3. The third-order valence-electron chi connectivity index (χ3n) is 5.14. The average Bonchev–Trinajstić information content (AvgIpc) is 2.97. The van der Waals surface area contributed by atoms with Gasteiger partial charge in [-0.05, 0) is 31.5 Å². The van der Waals surface area contributed by atoms with E-state index in [2.05, 4.69) is 28.9 Å². The molecule has 0 aliphatic carbocycles. The first-order valence-corrected chi connectivity index (χ1v) is 8.48. The first kappa shape index (κ1) is 15.1. The van der Waals surface area contributed by atoms with Crippen LogP contribution in [-0.2, 0) is 17.8 Å². The molecule has 1 aromatic carbocycles. The lowest BCUT2D eigenvalue weighted by Crippen LogP contribution is -2.44. The van der Waals surface area contributed by atoms with Crippen molar-refractivity contribution in [2.45, 2.75) is 32.4 Å². The second-order valence-corrected chi connectivity index (χ2v) is 6.68. The highest BCUT2D eigenvalue weighted by Gasteiger charge is 2.38. The maximum absolute atomic E-state index is 12.9. The van der Waals surface area contributed by atoms with E-state index in [9.17, 15) is 4.79 Å². The Morgan fingerprint density at radius 2 is 1.96 bits per heavy atom. The SMILES string of the molecule is Cc1ccc(N2CCC(N3CCc4nccc(N)c4C3)C2=O)cc1. The highest BCUT2D eigenvalue weighted by molar-refractivity contribution is 5.99. The van der Waals surface area contributed by atoms with Gasteiger partial charge in [0.15, 0.2) is 0 Å². The molecule has 124 valence electrons. The van der Waals surface area contributed by atoms with E-state index in [1.54, 1.807) is 6.20 Å². The van der Waals surface area contributed by atoms with Crippen molar-refractivity contribution in [3.63, 3.8) is 0 Å². The van der Waals surface area contributed by atoms with Gasteiger partial charge in [0.05, 0.1) is 6.04 Å². The number of aromatic nitrogens is 1. The van der Waals surface area contributed by atoms with Gasteiger partial charge in [0.2, 0.25) is 5.91 Å². The van der Waals surface area contributed by atoms with Gasteiger partial charge in [0, 0.05) is 54.9 Å². The van der Waals surface area contributed by atoms with Crippen LogP contribution in [0.4, 0.5) is 11.4 Å². The Morgan fingerprint density at radius 3 is 2.75 bits per heavy atom. The number of nitrogen functional groups attached to an aromatic ring is 1. The van der Waals surface area contributed by atoms with Crippen LogP contribution in [-0.4, -0.2) is 34.9 Å². The number of aryl methyl sites for hydroxylation is 1. The monoisotopic (exact) mass is 322 g/mol. The third-order valence-corrected chi connectivity index (χ3v) is 5.14. The molecule has 0 spiro atoms. The maximum atomic E-state index is 12.9. The molecule has 1 amide bonds. The van der Waals surface area contributed by atoms with Crippen LogP contribution in [0.3, 0.4) is 0 Å². The molecule has 1 saturated heterocycles. The van der Waals surface area contributed by atoms with Gasteiger partial charge < -0.3 is 10.6 Å². The summed E-state index contributed by atoms with van der Waals surface area (Å²) in [6.45, 7) is 4.41. The summed E-state index contributed by atoms with van der Waals surface area (Å²) in [6.07, 6.45) is 3.49. The zero-order valence-electron chi connectivity index (χ0n) is 13.9. The standard InChI is InChI=1S/C19H22N4O/c1-13-2-4-14(5-3-13)23-11-8-18(19(23)24)22-10-7-17-15(12-22)16(20)6-9-21-17/h2-6,9,18H,7-8,10-12H2,1H3,(H2,20,21). The molecule has 0 saturated carbocycles. The predicted octanol–water partition coefficient (Wildman–Crippen LogP) is 2.14. The van der Waals surface area contributed by atoms with Crippen molar-refractivity contribution < 1.29 is 4.79 Å². The largest absolute Gasteiger partial charge is 0.398 e. The molecule has 1 atom stereocenters. The molecule has 2 aliphatic rings. The number of carbonyl (C=O) groups excluding carboxylic acids is 1. The minimum atomic E-state index is -0.0564. The molecule has 24 heavy (non-hydrogen) atoms. The van der Waals surface area contributed by atoms with E-state index in [1.807, 2.05) is 23.1 Å². The number of hydrogen-bond acceptors (Lipinski definition) is 4. The van der Waals surface area contributed by atoms with Gasteiger partial charge in [-0.2, -0.15) is 0 Å². The normalized spacial score (nSPS) is 21.1. The van der Waals surface area contributed by atoms with Crippen molar-refractivity contribution in [3.05, 3.63) is 53.3 Å². The van der Waals surface area contributed by atoms with Gasteiger partial charge in [-0.25, -0.2) is 0 Å². The summed E-state index contributed by atoms with van der Waals surface area (Å²) in [5.41, 5.74) is 11.3. The predicted molar refractivity (Wildman–Crippen MR) is 94.7 cm³/mol. The molecule has 4 rings (SSSR count). The lowest BCUT2D eigenvalue weighted by molar-refractivity contribution is -0.122. The van der Waals surface area contributed by atoms with Gasteiger partial charge >= 0.3 is 0 Å². The van der Waals surface area contributed by atoms with E-state index in [-0.39, 0.29) is 11.9 Å². The smallest absolute Gasteiger partial charge is 0.244 e. The van der Waals surface area contributed by atoms with Crippen LogP contribution in [0, 0.1) is 6.92 Å². The molecule has 3 heterocycles. The van der Waals surface area contributed by atoms with Crippen molar-refractivity contribution in [3.8, 4) is 0 Å². The summed E-state index contributed by atoms with van der Waals surface area (Å²) in [6, 6.07) is 9.96. The molecular weight excluding hydrogens is 300 g/mol. The summed E-state index contributed by atoms with van der Waals surface area (Å²) in [5.74, 6) is 0.199. The van der Waals surface area contributed by atoms with E-state index < -0.39 is 0 Å². The van der Waals surface area contributed by atoms with Gasteiger partial charge in [-0.15, -0.1) is 0 Å². The lowest BCUT2D eigenvalue weighted by Gasteiger charge is -2.32. The van der Waals surface area contributed by atoms with E-state index in [0.29, 0.717) is 6.54 Å². The fourth-order valence-electron chi connectivity index (χ4n) is 3.73. The van der Waals surface area contributed by atoms with E-state index in [1.165, 1.54) is 5.56 Å². The average molecular weight is 322 g/mol. The van der Waals surface area contributed by atoms with Crippen LogP contribution >= 0.6 is 0 Å². The van der Waals surface area contributed by atoms with Crippen LogP contribution in [0.15, 0.2) is 36.5 Å². The molecule has 2 aromatic rings. The van der Waals surface area contributed by atoms with Crippen molar-refractivity contribution in [1.82, 2.24) is 9.88 Å². The van der Waals surface area contributed by atoms with Crippen molar-refractivity contribution in [2.75, 3.05) is 23.7 Å². The number of nitrogens with two attached hydrogens (primary N) is 1. The molecule has 1 unspecified atom stereocenters. The van der Waals surface area contributed by atoms with E-state index in [0.717, 1.165) is 48.6 Å². The number of carbonyl (C=O) groups is 1. The summed E-state index contributed by atoms with van der Waals surface area (Å²) >= 11 is 0. The van der Waals surface area contributed by atoms with Gasteiger partial charge in [-0.3, -0.25) is 14.7 Å². The topological polar surface area (TPSA) is 62.5 Å². The van der Waals surface area contributed by atoms with Crippen LogP contribution in [0.5, 0.6) is 0 Å². The second kappa shape index (κ2) is 5.91. The Bertz CT molecular complexity index is 771. The van der Waals surface area contributed by atoms with Crippen LogP contribution in [0.25, 0.3) is 0 Å². The Morgan fingerprint density at radius 1 is 1.17 bits per heavy atom. The summed E-state index contributed by atoms with van der Waals surface area (Å²) < 4.78 is 0. The van der Waals surface area contributed by atoms with Crippen LogP contribution < -0.4 is 10.6 Å². The lowest BCUT2D eigenvalue weighted by atomic mass is 10.0. The minimum absolute atomic E-state index is 0.0564. The number of pyridine rings is 1. The second-order valence-electron chi connectivity index (χ2n) is 6.68. The number of amides is 1. The fraction of sp³-hybridized carbons (Fsp3) is 0.368. The Hall–Kier alpha value is -2.40. The van der Waals surface area contributed by atoms with Gasteiger partial charge in [0.25, 0.3) is 0 Å². The number of fused-ring (bicyclic) bond motifs is 1. The zero-order valence-corrected chi connectivity index (χ0v) is 13.9. The molecule has 2 aliphatic heterocycles. The van der Waals surface area contributed by atoms with Gasteiger partial charge in [-0.1, -0.05) is 17.7 Å². The first-order valence-electron chi connectivity index (χ1n) is 8.48. The molecule has 0 bridgehead atoms. The number of rotatable bonds is 2. The minimum Gasteiger partial charge on any atom is -0.398 e. The quantitative estimate of drug-likeness (QED) is 0.920. The molecule has 5 heteroatoms. The molecule has 0 radical (unpaired) electrons. The molecule has 1 fully saturated rings. The summed E-state index contributed by atoms with van der Waals surface area (Å²) in [4.78, 5) is 21.5. The van der Waals surface area contributed by atoms with Crippen LogP contribution in [0.2, 0.25) is 0 Å². The molecule has 1 aromatic heterocycles. The van der Waals surface area contributed by atoms with Crippen molar-refractivity contribution in [1.29, 1.82) is 0 Å². The van der Waals surface area contributed by atoms with Crippen LogP contribution in [0.1, 0.15) is 23.2 Å². The number of benzene rings is 1. The highest BCUT2D eigenvalue weighted by atomic mass is 16.2. The van der Waals surface area contributed by atoms with Crippen molar-refractivity contribution in [2.24, 2.45) is 0 Å². The van der Waals surface area contributed by atoms with E-state index >= 15 is 0 Å². The maximum Gasteiger partial charge on any atom is 0.244 e. The zero-order chi connectivity index (χ0) is 16.7. The van der Waals surface area contributed by atoms with Gasteiger partial charge in [0.1, 0.15) is 0 Å². The number of hydrogen-bond donors (Lipinski definition) is 1.